The number of hydrogen-bond acceptors (Lipinski definition) is 3. The lowest BCUT2D eigenvalue weighted by atomic mass is 10.1. The highest BCUT2D eigenvalue weighted by atomic mass is 79.9. The first-order valence-electron chi connectivity index (χ1n) is 5.42. The fourth-order valence-corrected chi connectivity index (χ4v) is 3.07. The van der Waals surface area contributed by atoms with Crippen LogP contribution >= 0.6 is 27.7 Å². The zero-order chi connectivity index (χ0) is 15.7. The van der Waals surface area contributed by atoms with Crippen molar-refractivity contribution >= 4 is 27.7 Å². The monoisotopic (exact) mass is 379 g/mol. The Morgan fingerprint density at radius 2 is 2.00 bits per heavy atom. The van der Waals surface area contributed by atoms with Crippen LogP contribution in [0.3, 0.4) is 0 Å². The van der Waals surface area contributed by atoms with E-state index in [0.29, 0.717) is 0 Å². The lowest BCUT2D eigenvalue weighted by Gasteiger charge is -2.02. The van der Waals surface area contributed by atoms with Gasteiger partial charge in [-0.05, 0) is 39.8 Å². The van der Waals surface area contributed by atoms with Crippen LogP contribution < -0.4 is 0 Å². The van der Waals surface area contributed by atoms with E-state index in [2.05, 4.69) is 21.0 Å². The molecule has 1 aromatic carbocycles. The molecule has 1 aromatic heterocycles. The largest absolute Gasteiger partial charge is 0.290 e. The number of aromatic nitrogens is 2. The minimum Gasteiger partial charge on any atom is -0.260 e. The topological polar surface area (TPSA) is 41.6 Å². The highest BCUT2D eigenvalue weighted by Crippen LogP contribution is 2.39. The second-order valence-corrected chi connectivity index (χ2v) is 5.67. The van der Waals surface area contributed by atoms with E-state index >= 15 is 0 Å². The van der Waals surface area contributed by atoms with Gasteiger partial charge in [0.1, 0.15) is 28.4 Å². The average molecular weight is 380 g/mol. The van der Waals surface area contributed by atoms with Gasteiger partial charge in [0.2, 0.25) is 0 Å². The molecule has 0 atom stereocenters. The van der Waals surface area contributed by atoms with Crippen LogP contribution in [0.25, 0.3) is 11.3 Å². The van der Waals surface area contributed by atoms with Crippen LogP contribution in [0.1, 0.15) is 5.56 Å². The van der Waals surface area contributed by atoms with Gasteiger partial charge in [-0.1, -0.05) is 0 Å². The maximum Gasteiger partial charge on any atom is 0.290 e. The predicted octanol–water partition coefficient (Wildman–Crippen LogP) is 4.31. The van der Waals surface area contributed by atoms with E-state index in [1.165, 1.54) is 13.1 Å². The molecule has 0 saturated carbocycles. The van der Waals surface area contributed by atoms with E-state index in [1.54, 1.807) is 0 Å². The number of hydrogen-bond donors (Lipinski definition) is 0. The Morgan fingerprint density at radius 1 is 1.33 bits per heavy atom. The van der Waals surface area contributed by atoms with Crippen LogP contribution in [0.15, 0.2) is 21.6 Å². The highest BCUT2D eigenvalue weighted by Gasteiger charge is 2.22. The molecule has 0 aliphatic heterocycles. The fraction of sp³-hybridized carbons (Fsp3) is 0.167. The van der Waals surface area contributed by atoms with Crippen molar-refractivity contribution in [3.05, 3.63) is 33.8 Å². The maximum absolute atomic E-state index is 13.9. The number of nitrogens with zero attached hydrogens (tertiary/aromatic N) is 3. The van der Waals surface area contributed by atoms with Crippen LogP contribution in [0.5, 0.6) is 0 Å². The van der Waals surface area contributed by atoms with E-state index < -0.39 is 23.0 Å². The highest BCUT2D eigenvalue weighted by molar-refractivity contribution is 9.10. The van der Waals surface area contributed by atoms with Gasteiger partial charge >= 0.3 is 0 Å². The molecule has 0 saturated heterocycles. The zero-order valence-electron chi connectivity index (χ0n) is 10.4. The SMILES string of the molecule is Cn1nc(-c2cc(F)c(C#N)cc2F)c(Br)c1SC(F)F. The summed E-state index contributed by atoms with van der Waals surface area (Å²) in [5.41, 5.74) is -0.665. The molecule has 3 nitrogen and oxygen atoms in total. The summed E-state index contributed by atoms with van der Waals surface area (Å²) < 4.78 is 53.8. The third-order valence-corrected chi connectivity index (χ3v) is 4.46. The zero-order valence-corrected chi connectivity index (χ0v) is 12.8. The molecule has 0 unspecified atom stereocenters. The summed E-state index contributed by atoms with van der Waals surface area (Å²) in [7, 11) is 1.41. The normalized spacial score (nSPS) is 11.0. The van der Waals surface area contributed by atoms with Gasteiger partial charge in [-0.25, -0.2) is 8.78 Å². The van der Waals surface area contributed by atoms with Crippen LogP contribution in [0.2, 0.25) is 0 Å². The Morgan fingerprint density at radius 3 is 2.57 bits per heavy atom. The predicted molar refractivity (Wildman–Crippen MR) is 72.8 cm³/mol. The molecule has 2 aromatic rings. The first-order valence-corrected chi connectivity index (χ1v) is 7.09. The number of benzene rings is 1. The van der Waals surface area contributed by atoms with Crippen molar-refractivity contribution in [1.82, 2.24) is 9.78 Å². The van der Waals surface area contributed by atoms with Crippen molar-refractivity contribution in [2.45, 2.75) is 10.8 Å². The Balaban J connectivity index is 2.58. The summed E-state index contributed by atoms with van der Waals surface area (Å²) in [6, 6.07) is 3.08. The number of thioether (sulfide) groups is 1. The van der Waals surface area contributed by atoms with Gasteiger partial charge < -0.3 is 0 Å². The molecule has 0 aliphatic rings. The molecule has 0 aliphatic carbocycles. The van der Waals surface area contributed by atoms with Crippen molar-refractivity contribution in [3.63, 3.8) is 0 Å². The fourth-order valence-electron chi connectivity index (χ4n) is 1.68. The van der Waals surface area contributed by atoms with Gasteiger partial charge in [0, 0.05) is 12.6 Å². The number of alkyl halides is 2. The standard InChI is InChI=1S/C12H6BrF4N3S/c1-20-11(21-12(16)17)9(13)10(19-20)6-3-7(14)5(4-18)2-8(6)15/h2-3,12H,1H3. The number of nitriles is 1. The van der Waals surface area contributed by atoms with E-state index in [0.717, 1.165) is 16.8 Å². The number of halogens is 5. The average Bonchev–Trinajstić information content (AvgIpc) is 2.68. The third kappa shape index (κ3) is 3.06. The minimum absolute atomic E-state index is 0.0125. The smallest absolute Gasteiger partial charge is 0.260 e. The summed E-state index contributed by atoms with van der Waals surface area (Å²) >= 11 is 3.31. The van der Waals surface area contributed by atoms with E-state index in [-0.39, 0.29) is 32.5 Å². The number of aryl methyl sites for hydroxylation is 1. The molecule has 2 rings (SSSR count). The molecule has 0 amide bonds. The summed E-state index contributed by atoms with van der Waals surface area (Å²) in [6.45, 7) is 0. The molecule has 0 spiro atoms. The van der Waals surface area contributed by atoms with Gasteiger partial charge in [0.25, 0.3) is 5.76 Å². The van der Waals surface area contributed by atoms with Gasteiger partial charge in [0.15, 0.2) is 0 Å². The Bertz CT molecular complexity index is 739. The van der Waals surface area contributed by atoms with Crippen molar-refractivity contribution < 1.29 is 17.6 Å². The van der Waals surface area contributed by atoms with Crippen LogP contribution in [-0.4, -0.2) is 15.5 Å². The summed E-state index contributed by atoms with van der Waals surface area (Å²) in [5, 5.41) is 12.6. The molecule has 0 radical (unpaired) electrons. The van der Waals surface area contributed by atoms with Crippen LogP contribution in [0.4, 0.5) is 17.6 Å². The molecular formula is C12H6BrF4N3S. The minimum atomic E-state index is -2.67. The summed E-state index contributed by atoms with van der Waals surface area (Å²) in [6.07, 6.45) is 0. The van der Waals surface area contributed by atoms with Crippen LogP contribution in [-0.2, 0) is 7.05 Å². The lowest BCUT2D eigenvalue weighted by molar-refractivity contribution is 0.251. The van der Waals surface area contributed by atoms with Gasteiger partial charge in [-0.2, -0.15) is 19.1 Å². The second kappa shape index (κ2) is 6.07. The molecule has 110 valence electrons. The van der Waals surface area contributed by atoms with Crippen molar-refractivity contribution in [2.24, 2.45) is 7.05 Å². The maximum atomic E-state index is 13.9. The summed E-state index contributed by atoms with van der Waals surface area (Å²) in [5.74, 6) is -4.44. The van der Waals surface area contributed by atoms with Crippen molar-refractivity contribution in [3.8, 4) is 17.3 Å². The molecule has 21 heavy (non-hydrogen) atoms. The summed E-state index contributed by atoms with van der Waals surface area (Å²) in [4.78, 5) is 0. The van der Waals surface area contributed by atoms with Crippen LogP contribution in [0, 0.1) is 23.0 Å². The molecule has 0 fully saturated rings. The van der Waals surface area contributed by atoms with E-state index in [9.17, 15) is 17.6 Å². The van der Waals surface area contributed by atoms with Gasteiger partial charge in [0.05, 0.1) is 10.0 Å². The van der Waals surface area contributed by atoms with E-state index in [4.69, 9.17) is 5.26 Å². The quantitative estimate of drug-likeness (QED) is 0.589. The molecule has 0 bridgehead atoms. The first kappa shape index (κ1) is 15.9. The Labute approximate surface area is 129 Å². The first-order chi connectivity index (χ1) is 9.85. The third-order valence-electron chi connectivity index (χ3n) is 2.57. The molecule has 9 heteroatoms. The van der Waals surface area contributed by atoms with Gasteiger partial charge in [-0.3, -0.25) is 4.68 Å². The molecule has 0 N–H and O–H groups in total. The van der Waals surface area contributed by atoms with Gasteiger partial charge in [-0.15, -0.1) is 0 Å². The van der Waals surface area contributed by atoms with Crippen molar-refractivity contribution in [2.75, 3.05) is 0 Å². The Kier molecular flexibility index (Phi) is 4.58. The molecule has 1 heterocycles. The second-order valence-electron chi connectivity index (χ2n) is 3.89. The number of rotatable bonds is 3. The Hall–Kier alpha value is -1.53. The lowest BCUT2D eigenvalue weighted by Crippen LogP contribution is -1.95. The van der Waals surface area contributed by atoms with E-state index in [1.807, 2.05) is 0 Å². The van der Waals surface area contributed by atoms with Crippen molar-refractivity contribution in [1.29, 1.82) is 5.26 Å². The molecular weight excluding hydrogens is 374 g/mol.